The van der Waals surface area contributed by atoms with Crippen molar-refractivity contribution in [2.24, 2.45) is 0 Å². The highest BCUT2D eigenvalue weighted by molar-refractivity contribution is 5.95. The van der Waals surface area contributed by atoms with Gasteiger partial charge in [-0.05, 0) is 63.8 Å². The van der Waals surface area contributed by atoms with Gasteiger partial charge in [0.25, 0.3) is 5.91 Å². The maximum absolute atomic E-state index is 13.6. The number of carbonyl (C=O) groups excluding carboxylic acids is 1. The van der Waals surface area contributed by atoms with Gasteiger partial charge < -0.3 is 14.3 Å². The molecule has 0 spiro atoms. The highest BCUT2D eigenvalue weighted by Gasteiger charge is 2.33. The van der Waals surface area contributed by atoms with Gasteiger partial charge in [0.2, 0.25) is 0 Å². The van der Waals surface area contributed by atoms with Gasteiger partial charge in [0, 0.05) is 50.1 Å². The van der Waals surface area contributed by atoms with Crippen molar-refractivity contribution in [1.29, 1.82) is 0 Å². The second kappa shape index (κ2) is 9.73. The van der Waals surface area contributed by atoms with Crippen LogP contribution in [0.1, 0.15) is 71.8 Å². The number of aromatic nitrogens is 3. The van der Waals surface area contributed by atoms with Gasteiger partial charge in [0.05, 0.1) is 23.0 Å². The van der Waals surface area contributed by atoms with Gasteiger partial charge in [-0.25, -0.2) is 9.97 Å². The Morgan fingerprint density at radius 1 is 1.18 bits per heavy atom. The maximum atomic E-state index is 13.6. The van der Waals surface area contributed by atoms with E-state index in [2.05, 4.69) is 17.1 Å². The van der Waals surface area contributed by atoms with Crippen molar-refractivity contribution in [3.8, 4) is 11.3 Å². The molecule has 1 aromatic carbocycles. The molecule has 2 aromatic heterocycles. The molecule has 174 valence electrons. The lowest BCUT2D eigenvalue weighted by Gasteiger charge is -2.36. The number of carbonyl (C=O) groups is 1. The minimum atomic E-state index is -0.127. The number of nitrogens with zero attached hydrogens (tertiary/aromatic N) is 5. The second-order valence-electron chi connectivity index (χ2n) is 9.01. The van der Waals surface area contributed by atoms with Gasteiger partial charge in [-0.3, -0.25) is 4.79 Å². The van der Waals surface area contributed by atoms with Crippen molar-refractivity contribution in [1.82, 2.24) is 20.0 Å². The largest absolute Gasteiger partial charge is 0.378 e. The van der Waals surface area contributed by atoms with Crippen LogP contribution in [0.2, 0.25) is 0 Å². The Balaban J connectivity index is 1.75. The number of hydrogen-bond donors (Lipinski definition) is 0. The summed E-state index contributed by atoms with van der Waals surface area (Å²) in [5.41, 5.74) is 5.30. The van der Waals surface area contributed by atoms with Crippen LogP contribution in [-0.2, 0) is 6.42 Å². The monoisotopic (exact) mass is 447 g/mol. The van der Waals surface area contributed by atoms with Crippen molar-refractivity contribution in [2.75, 3.05) is 25.5 Å². The molecule has 7 heteroatoms. The summed E-state index contributed by atoms with van der Waals surface area (Å²) in [6, 6.07) is 7.68. The quantitative estimate of drug-likeness (QED) is 0.521. The van der Waals surface area contributed by atoms with Crippen LogP contribution in [0.3, 0.4) is 0 Å². The summed E-state index contributed by atoms with van der Waals surface area (Å²) in [5.74, 6) is 1.54. The van der Waals surface area contributed by atoms with E-state index in [1.165, 1.54) is 0 Å². The van der Waals surface area contributed by atoms with E-state index < -0.39 is 0 Å². The van der Waals surface area contributed by atoms with Crippen LogP contribution in [0.5, 0.6) is 0 Å². The number of rotatable bonds is 6. The summed E-state index contributed by atoms with van der Waals surface area (Å²) in [6.45, 7) is 6.76. The molecular weight excluding hydrogens is 414 g/mol. The predicted molar refractivity (Wildman–Crippen MR) is 129 cm³/mol. The molecule has 3 aromatic rings. The van der Waals surface area contributed by atoms with Crippen LogP contribution in [0.25, 0.3) is 11.3 Å². The first-order valence-corrected chi connectivity index (χ1v) is 11.8. The lowest BCUT2D eigenvalue weighted by Crippen LogP contribution is -2.39. The molecule has 0 N–H and O–H groups in total. The van der Waals surface area contributed by atoms with E-state index in [1.807, 2.05) is 68.2 Å². The Hall–Kier alpha value is -3.22. The molecule has 3 heterocycles. The highest BCUT2D eigenvalue weighted by Crippen LogP contribution is 2.38. The van der Waals surface area contributed by atoms with Crippen LogP contribution in [-0.4, -0.2) is 46.6 Å². The summed E-state index contributed by atoms with van der Waals surface area (Å²) in [5, 5.41) is 4.15. The first-order valence-electron chi connectivity index (χ1n) is 11.8. The third-order valence-corrected chi connectivity index (χ3v) is 6.45. The first kappa shape index (κ1) is 23.0. The smallest absolute Gasteiger partial charge is 0.254 e. The zero-order valence-electron chi connectivity index (χ0n) is 20.3. The van der Waals surface area contributed by atoms with Gasteiger partial charge in [-0.15, -0.1) is 0 Å². The minimum absolute atomic E-state index is 0.0390. The average Bonchev–Trinajstić information content (AvgIpc) is 3.17. The van der Waals surface area contributed by atoms with E-state index in [1.54, 1.807) is 0 Å². The van der Waals surface area contributed by atoms with E-state index in [4.69, 9.17) is 9.51 Å². The van der Waals surface area contributed by atoms with Crippen LogP contribution in [0, 0.1) is 13.8 Å². The molecule has 4 rings (SSSR count). The van der Waals surface area contributed by atoms with E-state index in [-0.39, 0.29) is 11.9 Å². The molecule has 0 bridgehead atoms. The predicted octanol–water partition coefficient (Wildman–Crippen LogP) is 5.13. The highest BCUT2D eigenvalue weighted by atomic mass is 16.5. The molecule has 1 aliphatic heterocycles. The molecular formula is C26H33N5O2. The Kier molecular flexibility index (Phi) is 6.77. The van der Waals surface area contributed by atoms with Crippen LogP contribution < -0.4 is 4.90 Å². The molecule has 0 radical (unpaired) electrons. The first-order chi connectivity index (χ1) is 15.9. The van der Waals surface area contributed by atoms with Crippen LogP contribution in [0.15, 0.2) is 35.0 Å². The number of anilines is 1. The molecule has 0 saturated carbocycles. The fourth-order valence-corrected chi connectivity index (χ4v) is 4.40. The van der Waals surface area contributed by atoms with E-state index >= 15 is 0 Å². The maximum Gasteiger partial charge on any atom is 0.254 e. The summed E-state index contributed by atoms with van der Waals surface area (Å²) in [4.78, 5) is 27.2. The fraction of sp³-hybridized carbons (Fsp3) is 0.462. The van der Waals surface area contributed by atoms with Gasteiger partial charge >= 0.3 is 0 Å². The molecule has 1 fully saturated rings. The van der Waals surface area contributed by atoms with E-state index in [9.17, 15) is 4.79 Å². The number of benzene rings is 1. The third-order valence-electron chi connectivity index (χ3n) is 6.45. The summed E-state index contributed by atoms with van der Waals surface area (Å²) in [6.07, 6.45) is 6.52. The Labute approximate surface area is 195 Å². The van der Waals surface area contributed by atoms with Crippen molar-refractivity contribution in [2.45, 2.75) is 58.9 Å². The molecule has 1 aliphatic rings. The van der Waals surface area contributed by atoms with Crippen molar-refractivity contribution >= 4 is 11.6 Å². The number of piperidine rings is 1. The lowest BCUT2D eigenvalue weighted by atomic mass is 9.94. The standard InChI is InChI=1S/C26H33N5O2/c1-6-9-23-27-16-21(25-17(2)18(3)29-33-25)24(28-23)22-10-7-8-15-31(22)26(32)19-11-13-20(14-12-19)30(4)5/h11-14,16,22H,6-10,15H2,1-5H3/t22-/m0/s1. The van der Waals surface area contributed by atoms with Crippen LogP contribution >= 0.6 is 0 Å². The number of likely N-dealkylation sites (tertiary alicyclic amines) is 1. The van der Waals surface area contributed by atoms with Crippen molar-refractivity contribution in [3.05, 3.63) is 58.8 Å². The third kappa shape index (κ3) is 4.63. The number of aryl methyl sites for hydroxylation is 2. The minimum Gasteiger partial charge on any atom is -0.378 e. The molecule has 1 saturated heterocycles. The summed E-state index contributed by atoms with van der Waals surface area (Å²) >= 11 is 0. The van der Waals surface area contributed by atoms with E-state index in [0.717, 1.165) is 66.1 Å². The zero-order valence-corrected chi connectivity index (χ0v) is 20.3. The SMILES string of the molecule is CCCc1ncc(-c2onc(C)c2C)c([C@@H]2CCCCN2C(=O)c2ccc(N(C)C)cc2)n1. The topological polar surface area (TPSA) is 75.4 Å². The molecule has 0 unspecified atom stereocenters. The van der Waals surface area contributed by atoms with E-state index in [0.29, 0.717) is 17.9 Å². The second-order valence-corrected chi connectivity index (χ2v) is 9.01. The molecule has 0 aliphatic carbocycles. The normalized spacial score (nSPS) is 16.2. The van der Waals surface area contributed by atoms with Gasteiger partial charge in [-0.1, -0.05) is 12.1 Å². The van der Waals surface area contributed by atoms with Crippen molar-refractivity contribution < 1.29 is 9.32 Å². The number of amides is 1. The molecule has 1 amide bonds. The zero-order chi connectivity index (χ0) is 23.5. The summed E-state index contributed by atoms with van der Waals surface area (Å²) in [7, 11) is 3.99. The lowest BCUT2D eigenvalue weighted by molar-refractivity contribution is 0.0606. The van der Waals surface area contributed by atoms with Gasteiger partial charge in [0.15, 0.2) is 5.76 Å². The fourth-order valence-electron chi connectivity index (χ4n) is 4.40. The van der Waals surface area contributed by atoms with Gasteiger partial charge in [-0.2, -0.15) is 0 Å². The Morgan fingerprint density at radius 2 is 1.94 bits per heavy atom. The van der Waals surface area contributed by atoms with Crippen molar-refractivity contribution in [3.63, 3.8) is 0 Å². The molecule has 33 heavy (non-hydrogen) atoms. The molecule has 7 nitrogen and oxygen atoms in total. The van der Waals surface area contributed by atoms with Gasteiger partial charge in [0.1, 0.15) is 5.82 Å². The Bertz CT molecular complexity index is 1120. The van der Waals surface area contributed by atoms with Crippen LogP contribution in [0.4, 0.5) is 5.69 Å². The summed E-state index contributed by atoms with van der Waals surface area (Å²) < 4.78 is 5.69. The Morgan fingerprint density at radius 3 is 2.58 bits per heavy atom. The number of hydrogen-bond acceptors (Lipinski definition) is 6. The average molecular weight is 448 g/mol. The molecule has 1 atom stereocenters.